The number of rotatable bonds is 1. The van der Waals surface area contributed by atoms with E-state index in [2.05, 4.69) is 50.3 Å². The maximum absolute atomic E-state index is 12.5. The summed E-state index contributed by atoms with van der Waals surface area (Å²) in [7, 11) is 0. The van der Waals surface area contributed by atoms with E-state index in [9.17, 15) is 25.5 Å². The lowest BCUT2D eigenvalue weighted by atomic mass is 9.76. The molecule has 14 rings (SSSR count). The van der Waals surface area contributed by atoms with Gasteiger partial charge in [-0.15, -0.1) is 0 Å². The van der Waals surface area contributed by atoms with Gasteiger partial charge in [-0.3, -0.25) is 0 Å². The molecule has 31 atom stereocenters. The normalized spacial score (nSPS) is 58.8. The quantitative estimate of drug-likeness (QED) is 0.231. The first-order chi connectivity index (χ1) is 38.3. The summed E-state index contributed by atoms with van der Waals surface area (Å²) in [4.78, 5) is 0. The summed E-state index contributed by atoms with van der Waals surface area (Å²) in [5, 5.41) is 56.0. The molecule has 14 aliphatic rings. The van der Waals surface area contributed by atoms with Crippen molar-refractivity contribution in [3.8, 4) is 0 Å². The fourth-order valence-corrected chi connectivity index (χ4v) is 17.1. The minimum absolute atomic E-state index is 0.0949. The Morgan fingerprint density at radius 3 is 1.68 bits per heavy atom. The number of fused-ring (bicyclic) bond motifs is 13. The molecule has 11 fully saturated rings. The molecule has 0 amide bonds. The van der Waals surface area contributed by atoms with E-state index in [0.717, 1.165) is 19.3 Å². The Morgan fingerprint density at radius 2 is 0.950 bits per heavy atom. The van der Waals surface area contributed by atoms with E-state index in [4.69, 9.17) is 66.3 Å². The molecule has 0 radical (unpaired) electrons. The summed E-state index contributed by atoms with van der Waals surface area (Å²) >= 11 is 0. The monoisotopic (exact) mass is 1130 g/mol. The molecule has 14 heterocycles. The van der Waals surface area contributed by atoms with E-state index in [1.807, 2.05) is 20.8 Å². The lowest BCUT2D eigenvalue weighted by molar-refractivity contribution is -0.347. The average Bonchev–Trinajstić information content (AvgIpc) is 3.91. The summed E-state index contributed by atoms with van der Waals surface area (Å²) < 4.78 is 96.5. The summed E-state index contributed by atoms with van der Waals surface area (Å²) in [5.74, 6) is -1.40. The highest BCUT2D eigenvalue weighted by atomic mass is 16.7. The molecule has 19 nitrogen and oxygen atoms in total. The lowest BCUT2D eigenvalue weighted by Crippen LogP contribution is -2.66. The van der Waals surface area contributed by atoms with Gasteiger partial charge in [0.1, 0.15) is 35.6 Å². The van der Waals surface area contributed by atoms with Crippen molar-refractivity contribution in [3.05, 3.63) is 36.5 Å². The number of aliphatic hydroxyl groups excluding tert-OH is 4. The third-order valence-corrected chi connectivity index (χ3v) is 21.9. The van der Waals surface area contributed by atoms with Crippen molar-refractivity contribution < 1.29 is 91.8 Å². The Bertz CT molecular complexity index is 2320. The maximum atomic E-state index is 12.5. The summed E-state index contributed by atoms with van der Waals surface area (Å²) in [6.45, 7) is 10.3. The molecule has 5 N–H and O–H groups in total. The molecule has 0 saturated carbocycles. The van der Waals surface area contributed by atoms with Crippen molar-refractivity contribution in [2.75, 3.05) is 13.2 Å². The van der Waals surface area contributed by atoms with Gasteiger partial charge in [0.05, 0.1) is 146 Å². The van der Waals surface area contributed by atoms with E-state index in [1.165, 1.54) is 0 Å². The van der Waals surface area contributed by atoms with Crippen molar-refractivity contribution in [3.63, 3.8) is 0 Å². The standard InChI is InChI=1S/C61H90O19/c1-31-20-40-44(25-46-48(72-40)27-52(65)60(5)56(76-46)29-58(3)54(78-60)15-14-53-57(2,80-58)17-18-61(66,30-62)79-53)74-49-28-55-59(4,77-50(49)21-31)51(64)26-47-34(75-55)9-7-6-8-33-35(70-47)10-11-37-36(68-33)12-13-38-42(69-37)24-45-43(71-38)23-39-41(73-45)22-32(63)16-19-67-39/h6-7,10-13,31-56,62-66H,8-9,14-30H2,1-5H3/b7-6-. The van der Waals surface area contributed by atoms with Gasteiger partial charge in [0.15, 0.2) is 5.79 Å². The number of ether oxygens (including phenoxy) is 14. The average molecular weight is 1130 g/mol. The summed E-state index contributed by atoms with van der Waals surface area (Å²) in [6, 6.07) is 0. The topological polar surface area (TPSA) is 230 Å². The van der Waals surface area contributed by atoms with Crippen molar-refractivity contribution in [2.45, 2.75) is 325 Å². The number of hydrogen-bond donors (Lipinski definition) is 5. The molecular formula is C61H90O19. The van der Waals surface area contributed by atoms with Gasteiger partial charge in [0.2, 0.25) is 0 Å². The van der Waals surface area contributed by atoms with Gasteiger partial charge in [-0.25, -0.2) is 0 Å². The van der Waals surface area contributed by atoms with Crippen LogP contribution < -0.4 is 0 Å². The van der Waals surface area contributed by atoms with Gasteiger partial charge in [-0.2, -0.15) is 0 Å². The van der Waals surface area contributed by atoms with E-state index in [1.54, 1.807) is 0 Å². The number of aliphatic hydroxyl groups is 5. The van der Waals surface area contributed by atoms with Gasteiger partial charge in [0, 0.05) is 64.4 Å². The molecule has 0 aromatic rings. The smallest absolute Gasteiger partial charge is 0.189 e. The highest BCUT2D eigenvalue weighted by Gasteiger charge is 2.64. The molecule has 19 heteroatoms. The molecule has 0 aromatic heterocycles. The van der Waals surface area contributed by atoms with Crippen molar-refractivity contribution in [2.24, 2.45) is 5.92 Å². The van der Waals surface area contributed by atoms with Crippen LogP contribution in [0.3, 0.4) is 0 Å². The Labute approximate surface area is 470 Å². The second kappa shape index (κ2) is 21.4. The lowest BCUT2D eigenvalue weighted by Gasteiger charge is -2.55. The zero-order chi connectivity index (χ0) is 55.1. The molecule has 31 unspecified atom stereocenters. The minimum Gasteiger partial charge on any atom is -0.393 e. The fourth-order valence-electron chi connectivity index (χ4n) is 17.1. The molecule has 11 saturated heterocycles. The van der Waals surface area contributed by atoms with Crippen molar-refractivity contribution in [1.29, 1.82) is 0 Å². The minimum atomic E-state index is -1.61. The Hall–Kier alpha value is -1.54. The van der Waals surface area contributed by atoms with E-state index >= 15 is 0 Å². The Kier molecular flexibility index (Phi) is 15.1. The van der Waals surface area contributed by atoms with E-state index in [-0.39, 0.29) is 110 Å². The van der Waals surface area contributed by atoms with Crippen LogP contribution in [0.25, 0.3) is 0 Å². The second-order valence-electron chi connectivity index (χ2n) is 27.7. The molecule has 0 aliphatic carbocycles. The maximum Gasteiger partial charge on any atom is 0.189 e. The van der Waals surface area contributed by atoms with Crippen LogP contribution in [-0.4, -0.2) is 220 Å². The van der Waals surface area contributed by atoms with Crippen LogP contribution in [0.5, 0.6) is 0 Å². The predicted molar refractivity (Wildman–Crippen MR) is 282 cm³/mol. The molecule has 14 aliphatic heterocycles. The third-order valence-electron chi connectivity index (χ3n) is 21.9. The molecular weight excluding hydrogens is 1040 g/mol. The third kappa shape index (κ3) is 10.2. The summed E-state index contributed by atoms with van der Waals surface area (Å²) in [6.07, 6.45) is 12.5. The van der Waals surface area contributed by atoms with Gasteiger partial charge in [0.25, 0.3) is 0 Å². The van der Waals surface area contributed by atoms with Gasteiger partial charge in [-0.1, -0.05) is 43.4 Å². The van der Waals surface area contributed by atoms with Gasteiger partial charge < -0.3 is 91.8 Å². The first-order valence-electron chi connectivity index (χ1n) is 31.0. The zero-order valence-electron chi connectivity index (χ0n) is 47.4. The van der Waals surface area contributed by atoms with Crippen molar-refractivity contribution in [1.82, 2.24) is 0 Å². The van der Waals surface area contributed by atoms with Crippen LogP contribution in [-0.2, 0) is 66.3 Å². The van der Waals surface area contributed by atoms with Crippen LogP contribution >= 0.6 is 0 Å². The highest BCUT2D eigenvalue weighted by molar-refractivity contribution is 5.17. The van der Waals surface area contributed by atoms with E-state index in [0.29, 0.717) is 90.1 Å². The predicted octanol–water partition coefficient (Wildman–Crippen LogP) is 4.25. The van der Waals surface area contributed by atoms with Crippen LogP contribution in [0.15, 0.2) is 36.5 Å². The molecule has 0 bridgehead atoms. The first-order valence-corrected chi connectivity index (χ1v) is 31.0. The Morgan fingerprint density at radius 1 is 0.438 bits per heavy atom. The van der Waals surface area contributed by atoms with Crippen molar-refractivity contribution >= 4 is 0 Å². The van der Waals surface area contributed by atoms with Crippen LogP contribution in [0.4, 0.5) is 0 Å². The highest BCUT2D eigenvalue weighted by Crippen LogP contribution is 2.54. The van der Waals surface area contributed by atoms with Gasteiger partial charge >= 0.3 is 0 Å². The SMILES string of the molecule is CC1CC2OC3CC(O)C4(C)OC5CCC6OC(O)(CO)CCC6(C)OC5(C)CC4OC3CC2OC2CC3OC4C/C=C\CC5OC6C=CC7OC8CC9OCCC(O)CC9OC8CC7OC6C=CC5OC4CC(O)C3(C)OC2C1. The largest absolute Gasteiger partial charge is 0.393 e. The van der Waals surface area contributed by atoms with E-state index < -0.39 is 89.7 Å². The first kappa shape index (κ1) is 56.3. The van der Waals surface area contributed by atoms with Gasteiger partial charge in [-0.05, 0) is 85.0 Å². The fraction of sp³-hybridized carbons (Fsp3) is 0.902. The van der Waals surface area contributed by atoms with Crippen LogP contribution in [0.1, 0.15) is 144 Å². The molecule has 80 heavy (non-hydrogen) atoms. The van der Waals surface area contributed by atoms with Crippen LogP contribution in [0, 0.1) is 5.92 Å². The molecule has 0 spiro atoms. The Balaban J connectivity index is 0.652. The zero-order valence-corrected chi connectivity index (χ0v) is 47.4. The molecule has 0 aromatic carbocycles. The number of hydrogen-bond acceptors (Lipinski definition) is 19. The second-order valence-corrected chi connectivity index (χ2v) is 27.7. The van der Waals surface area contributed by atoms with Crippen LogP contribution in [0.2, 0.25) is 0 Å². The molecule has 448 valence electrons. The summed E-state index contributed by atoms with van der Waals surface area (Å²) in [5.41, 5.74) is -3.59.